The van der Waals surface area contributed by atoms with Gasteiger partial charge in [-0.1, -0.05) is 20.8 Å². The van der Waals surface area contributed by atoms with Crippen LogP contribution in [-0.4, -0.2) is 56.9 Å². The summed E-state index contributed by atoms with van der Waals surface area (Å²) in [4.78, 5) is 25.8. The third kappa shape index (κ3) is 2.48. The summed E-state index contributed by atoms with van der Waals surface area (Å²) in [6.07, 6.45) is 1.12. The van der Waals surface area contributed by atoms with Gasteiger partial charge in [-0.15, -0.1) is 0 Å². The number of rotatable bonds is 3. The van der Waals surface area contributed by atoms with E-state index in [0.717, 1.165) is 19.4 Å². The Kier molecular flexibility index (Phi) is 3.77. The van der Waals surface area contributed by atoms with Gasteiger partial charge in [-0.25, -0.2) is 4.79 Å². The molecule has 2 aliphatic rings. The zero-order valence-corrected chi connectivity index (χ0v) is 13.9. The van der Waals surface area contributed by atoms with Crippen LogP contribution < -0.4 is 0 Å². The van der Waals surface area contributed by atoms with Crippen LogP contribution in [0.4, 0.5) is 0 Å². The highest BCUT2D eigenvalue weighted by Crippen LogP contribution is 2.45. The second-order valence-electron chi connectivity index (χ2n) is 6.39. The molecule has 0 unspecified atom stereocenters. The van der Waals surface area contributed by atoms with Crippen LogP contribution in [0, 0.1) is 5.41 Å². The molecule has 0 saturated carbocycles. The van der Waals surface area contributed by atoms with E-state index in [-0.39, 0.29) is 12.4 Å². The molecule has 0 radical (unpaired) electrons. The standard InChI is InChI=1S/C13H19NO7S/c1-12(2,3)10-14-9(15)6-8(21-22(5,17)18)13(14,7-20-10)11(16)19-4/h6,10H,7H2,1-5H3/t10-,13-/m1/s1. The molecule has 22 heavy (non-hydrogen) atoms. The van der Waals surface area contributed by atoms with Crippen molar-refractivity contribution in [1.29, 1.82) is 0 Å². The summed E-state index contributed by atoms with van der Waals surface area (Å²) in [5.41, 5.74) is -2.19. The Morgan fingerprint density at radius 3 is 2.50 bits per heavy atom. The van der Waals surface area contributed by atoms with Gasteiger partial charge >= 0.3 is 16.1 Å². The molecule has 1 saturated heterocycles. The maximum atomic E-state index is 12.3. The molecule has 9 heteroatoms. The lowest BCUT2D eigenvalue weighted by Gasteiger charge is -2.36. The molecule has 0 aromatic carbocycles. The Morgan fingerprint density at radius 2 is 2.05 bits per heavy atom. The van der Waals surface area contributed by atoms with Crippen LogP contribution in [0.5, 0.6) is 0 Å². The number of hydrogen-bond donors (Lipinski definition) is 0. The SMILES string of the molecule is COC(=O)[C@]12CO[C@H](C(C)(C)C)N1C(=O)C=C2OS(C)(=O)=O. The number of esters is 1. The van der Waals surface area contributed by atoms with Gasteiger partial charge in [0, 0.05) is 11.5 Å². The highest BCUT2D eigenvalue weighted by atomic mass is 32.2. The lowest BCUT2D eigenvalue weighted by Crippen LogP contribution is -2.57. The Balaban J connectivity index is 2.54. The maximum Gasteiger partial charge on any atom is 0.342 e. The molecule has 0 aliphatic carbocycles. The van der Waals surface area contributed by atoms with E-state index in [1.165, 1.54) is 4.90 Å². The molecular weight excluding hydrogens is 314 g/mol. The van der Waals surface area contributed by atoms with Crippen molar-refractivity contribution in [1.82, 2.24) is 4.90 Å². The highest BCUT2D eigenvalue weighted by molar-refractivity contribution is 7.86. The first-order valence-corrected chi connectivity index (χ1v) is 8.40. The average molecular weight is 333 g/mol. The lowest BCUT2D eigenvalue weighted by molar-refractivity contribution is -0.157. The Morgan fingerprint density at radius 1 is 1.45 bits per heavy atom. The van der Waals surface area contributed by atoms with Gasteiger partial charge in [0.2, 0.25) is 5.54 Å². The van der Waals surface area contributed by atoms with Crippen molar-refractivity contribution in [3.63, 3.8) is 0 Å². The second kappa shape index (κ2) is 4.95. The van der Waals surface area contributed by atoms with Crippen LogP contribution in [0.3, 0.4) is 0 Å². The molecule has 0 aromatic rings. The number of nitrogens with zero attached hydrogens (tertiary/aromatic N) is 1. The Hall–Kier alpha value is -1.61. The molecule has 0 bridgehead atoms. The van der Waals surface area contributed by atoms with Crippen molar-refractivity contribution < 1.29 is 31.7 Å². The fourth-order valence-electron chi connectivity index (χ4n) is 2.66. The molecular formula is C13H19NO7S. The number of carbonyl (C=O) groups excluding carboxylic acids is 2. The first-order chi connectivity index (χ1) is 9.93. The highest BCUT2D eigenvalue weighted by Gasteiger charge is 2.65. The fraction of sp³-hybridized carbons (Fsp3) is 0.692. The van der Waals surface area contributed by atoms with Crippen molar-refractivity contribution in [3.8, 4) is 0 Å². The van der Waals surface area contributed by atoms with Gasteiger partial charge in [-0.2, -0.15) is 8.42 Å². The number of hydrogen-bond acceptors (Lipinski definition) is 7. The predicted molar refractivity (Wildman–Crippen MR) is 74.8 cm³/mol. The smallest absolute Gasteiger partial charge is 0.342 e. The van der Waals surface area contributed by atoms with Gasteiger partial charge < -0.3 is 13.7 Å². The molecule has 0 N–H and O–H groups in total. The number of carbonyl (C=O) groups is 2. The van der Waals surface area contributed by atoms with Crippen molar-refractivity contribution in [2.24, 2.45) is 5.41 Å². The van der Waals surface area contributed by atoms with E-state index in [2.05, 4.69) is 0 Å². The lowest BCUT2D eigenvalue weighted by atomic mass is 9.91. The molecule has 0 spiro atoms. The zero-order valence-electron chi connectivity index (χ0n) is 13.1. The molecule has 1 fully saturated rings. The topological polar surface area (TPSA) is 99.2 Å². The normalized spacial score (nSPS) is 28.4. The summed E-state index contributed by atoms with van der Waals surface area (Å²) < 4.78 is 38.1. The minimum absolute atomic E-state index is 0.227. The summed E-state index contributed by atoms with van der Waals surface area (Å²) in [6.45, 7) is 5.30. The van der Waals surface area contributed by atoms with Crippen LogP contribution in [0.1, 0.15) is 20.8 Å². The number of methoxy groups -OCH3 is 1. The average Bonchev–Trinajstić information content (AvgIpc) is 2.85. The zero-order chi connectivity index (χ0) is 16.9. The van der Waals surface area contributed by atoms with Crippen LogP contribution in [0.15, 0.2) is 11.8 Å². The molecule has 2 aliphatic heterocycles. The molecule has 2 heterocycles. The van der Waals surface area contributed by atoms with Gasteiger partial charge in [0.1, 0.15) is 6.23 Å². The third-order valence-corrected chi connectivity index (χ3v) is 3.98. The van der Waals surface area contributed by atoms with Gasteiger partial charge in [0.25, 0.3) is 5.91 Å². The van der Waals surface area contributed by atoms with Crippen LogP contribution >= 0.6 is 0 Å². The van der Waals surface area contributed by atoms with Crippen molar-refractivity contribution in [3.05, 3.63) is 11.8 Å². The Bertz CT molecular complexity index is 646. The maximum absolute atomic E-state index is 12.3. The number of fused-ring (bicyclic) bond motifs is 1. The van der Waals surface area contributed by atoms with Crippen molar-refractivity contribution in [2.75, 3.05) is 20.0 Å². The van der Waals surface area contributed by atoms with Crippen LogP contribution in [-0.2, 0) is 33.4 Å². The first kappa shape index (κ1) is 16.8. The van der Waals surface area contributed by atoms with Crippen molar-refractivity contribution in [2.45, 2.75) is 32.5 Å². The fourth-order valence-corrected chi connectivity index (χ4v) is 3.17. The van der Waals surface area contributed by atoms with Gasteiger partial charge in [0.15, 0.2) is 5.76 Å². The molecule has 8 nitrogen and oxygen atoms in total. The second-order valence-corrected chi connectivity index (χ2v) is 7.96. The van der Waals surface area contributed by atoms with Gasteiger partial charge in [-0.3, -0.25) is 9.69 Å². The number of amides is 1. The van der Waals surface area contributed by atoms with Crippen LogP contribution in [0.2, 0.25) is 0 Å². The minimum Gasteiger partial charge on any atom is -0.467 e. The quantitative estimate of drug-likeness (QED) is 0.529. The summed E-state index contributed by atoms with van der Waals surface area (Å²) in [5, 5.41) is 0. The Labute approximate surface area is 129 Å². The molecule has 1 amide bonds. The predicted octanol–water partition coefficient (Wildman–Crippen LogP) is 0.00290. The molecule has 124 valence electrons. The number of ether oxygens (including phenoxy) is 2. The summed E-state index contributed by atoms with van der Waals surface area (Å²) >= 11 is 0. The van der Waals surface area contributed by atoms with E-state index in [4.69, 9.17) is 13.7 Å². The van der Waals surface area contributed by atoms with Crippen LogP contribution in [0.25, 0.3) is 0 Å². The monoisotopic (exact) mass is 333 g/mol. The molecule has 0 aromatic heterocycles. The van der Waals surface area contributed by atoms with E-state index in [0.29, 0.717) is 0 Å². The van der Waals surface area contributed by atoms with Gasteiger partial charge in [-0.05, 0) is 0 Å². The molecule has 2 atom stereocenters. The largest absolute Gasteiger partial charge is 0.467 e. The van der Waals surface area contributed by atoms with Crippen molar-refractivity contribution >= 4 is 22.0 Å². The van der Waals surface area contributed by atoms with E-state index in [1.807, 2.05) is 20.8 Å². The summed E-state index contributed by atoms with van der Waals surface area (Å²) in [5.74, 6) is -1.65. The van der Waals surface area contributed by atoms with E-state index >= 15 is 0 Å². The van der Waals surface area contributed by atoms with Gasteiger partial charge in [0.05, 0.1) is 20.0 Å². The summed E-state index contributed by atoms with van der Waals surface area (Å²) in [6, 6.07) is 0. The van der Waals surface area contributed by atoms with E-state index in [1.54, 1.807) is 0 Å². The molecule has 2 rings (SSSR count). The van der Waals surface area contributed by atoms with E-state index in [9.17, 15) is 18.0 Å². The van der Waals surface area contributed by atoms with E-state index < -0.39 is 39.2 Å². The first-order valence-electron chi connectivity index (χ1n) is 6.58. The minimum atomic E-state index is -3.91. The third-order valence-electron chi connectivity index (χ3n) is 3.50. The summed E-state index contributed by atoms with van der Waals surface area (Å²) in [7, 11) is -2.76.